The van der Waals surface area contributed by atoms with E-state index in [1.807, 2.05) is 0 Å². The normalized spacial score (nSPS) is 29.6. The number of nitrogens with two attached hydrogens (primary N) is 1. The number of amides is 1. The molecule has 11 nitrogen and oxygen atoms in total. The van der Waals surface area contributed by atoms with Crippen molar-refractivity contribution in [2.75, 3.05) is 14.1 Å². The Balaban J connectivity index is 1.70. The number of aromatic hydroxyl groups is 1. The van der Waals surface area contributed by atoms with E-state index in [4.69, 9.17) is 5.73 Å². The molecule has 5 rings (SSSR count). The molecule has 11 heteroatoms. The highest BCUT2D eigenvalue weighted by Crippen LogP contribution is 2.52. The number of aromatic nitrogens is 1. The number of pyridine rings is 1. The number of likely N-dealkylation sites (N-methyl/N-ethyl adjacent to an activating group) is 1. The first-order chi connectivity index (χ1) is 18.8. The molecule has 40 heavy (non-hydrogen) atoms. The first kappa shape index (κ1) is 27.5. The molecule has 2 saturated carbocycles. The van der Waals surface area contributed by atoms with E-state index in [1.54, 1.807) is 30.5 Å². The number of aliphatic hydroxyl groups is 1. The van der Waals surface area contributed by atoms with Gasteiger partial charge in [-0.05, 0) is 63.5 Å². The summed E-state index contributed by atoms with van der Waals surface area (Å²) in [4.78, 5) is 84.6. The van der Waals surface area contributed by atoms with E-state index >= 15 is 0 Å². The summed E-state index contributed by atoms with van der Waals surface area (Å²) in [5.41, 5.74) is 4.01. The number of carbonyl (C=O) groups is 6. The van der Waals surface area contributed by atoms with Gasteiger partial charge in [0.2, 0.25) is 5.91 Å². The van der Waals surface area contributed by atoms with E-state index in [9.17, 15) is 39.0 Å². The lowest BCUT2D eigenvalue weighted by Gasteiger charge is -2.52. The standard InChI is InChI=1S/C29H29N3O8/c1-12(33)8-14-10-15(18-6-4-5-7-31-18)16-9-13-11-17-22(32(2)3)25(36)21(28(30)39)27(38)29(17,40)26(37)19(13)24(35)20(16)23(14)34/h4-7,10,13,17,19,21-22,34,40H,8-9,11H2,1-3H3,(H2,30,39)/t13-,17-,19?,21?,22-,29-/m0/s1. The van der Waals surface area contributed by atoms with Crippen LogP contribution in [0.4, 0.5) is 0 Å². The zero-order valence-electron chi connectivity index (χ0n) is 22.2. The second-order valence-corrected chi connectivity index (χ2v) is 11.2. The maximum Gasteiger partial charge on any atom is 0.235 e. The Labute approximate surface area is 229 Å². The van der Waals surface area contributed by atoms with Crippen molar-refractivity contribution in [1.29, 1.82) is 0 Å². The molecule has 1 heterocycles. The van der Waals surface area contributed by atoms with Crippen molar-refractivity contribution < 1.29 is 39.0 Å². The van der Waals surface area contributed by atoms with Crippen molar-refractivity contribution in [2.24, 2.45) is 29.4 Å². The molecule has 2 unspecified atom stereocenters. The van der Waals surface area contributed by atoms with Crippen LogP contribution >= 0.6 is 0 Å². The number of Topliss-reactive ketones (excluding diaryl/α,β-unsaturated/α-hetero) is 5. The molecule has 3 aliphatic carbocycles. The second-order valence-electron chi connectivity index (χ2n) is 11.2. The summed E-state index contributed by atoms with van der Waals surface area (Å²) in [6.07, 6.45) is 1.44. The molecule has 1 aromatic carbocycles. The number of hydrogen-bond donors (Lipinski definition) is 3. The van der Waals surface area contributed by atoms with Crippen molar-refractivity contribution in [2.45, 2.75) is 37.8 Å². The molecule has 0 aliphatic heterocycles. The molecule has 2 fully saturated rings. The lowest BCUT2D eigenvalue weighted by atomic mass is 9.52. The molecule has 2 aromatic rings. The van der Waals surface area contributed by atoms with Crippen LogP contribution in [-0.4, -0.2) is 80.7 Å². The summed E-state index contributed by atoms with van der Waals surface area (Å²) in [5, 5.41) is 22.9. The molecule has 208 valence electrons. The Morgan fingerprint density at radius 1 is 1.15 bits per heavy atom. The van der Waals surface area contributed by atoms with Gasteiger partial charge >= 0.3 is 0 Å². The number of nitrogens with zero attached hydrogens (tertiary/aromatic N) is 2. The predicted molar refractivity (Wildman–Crippen MR) is 139 cm³/mol. The first-order valence-corrected chi connectivity index (χ1v) is 12.9. The highest BCUT2D eigenvalue weighted by atomic mass is 16.3. The van der Waals surface area contributed by atoms with Gasteiger partial charge in [0.1, 0.15) is 11.5 Å². The van der Waals surface area contributed by atoms with Gasteiger partial charge in [0.25, 0.3) is 0 Å². The van der Waals surface area contributed by atoms with Crippen LogP contribution in [0, 0.1) is 23.7 Å². The van der Waals surface area contributed by atoms with Crippen molar-refractivity contribution in [3.63, 3.8) is 0 Å². The van der Waals surface area contributed by atoms with Crippen LogP contribution in [0.2, 0.25) is 0 Å². The number of phenols is 1. The fourth-order valence-corrected chi connectivity index (χ4v) is 6.88. The fraction of sp³-hybridized carbons (Fsp3) is 0.414. The zero-order chi connectivity index (χ0) is 29.3. The van der Waals surface area contributed by atoms with Gasteiger partial charge < -0.3 is 15.9 Å². The third-order valence-corrected chi connectivity index (χ3v) is 8.52. The Morgan fingerprint density at radius 3 is 2.42 bits per heavy atom. The minimum absolute atomic E-state index is 0.0541. The lowest BCUT2D eigenvalue weighted by molar-refractivity contribution is -0.181. The van der Waals surface area contributed by atoms with E-state index in [0.717, 1.165) is 0 Å². The van der Waals surface area contributed by atoms with Crippen LogP contribution < -0.4 is 5.73 Å². The van der Waals surface area contributed by atoms with E-state index in [1.165, 1.54) is 25.9 Å². The molecule has 1 amide bonds. The third kappa shape index (κ3) is 3.83. The smallest absolute Gasteiger partial charge is 0.235 e. The minimum Gasteiger partial charge on any atom is -0.507 e. The molecular weight excluding hydrogens is 518 g/mol. The summed E-state index contributed by atoms with van der Waals surface area (Å²) < 4.78 is 0. The van der Waals surface area contributed by atoms with E-state index in [0.29, 0.717) is 16.8 Å². The van der Waals surface area contributed by atoms with Crippen LogP contribution in [-0.2, 0) is 36.8 Å². The molecule has 0 bridgehead atoms. The minimum atomic E-state index is -2.80. The first-order valence-electron chi connectivity index (χ1n) is 12.9. The van der Waals surface area contributed by atoms with Gasteiger partial charge in [-0.25, -0.2) is 0 Å². The van der Waals surface area contributed by atoms with E-state index in [-0.39, 0.29) is 36.2 Å². The van der Waals surface area contributed by atoms with Crippen molar-refractivity contribution in [1.82, 2.24) is 9.88 Å². The van der Waals surface area contributed by atoms with Crippen LogP contribution in [0.1, 0.15) is 34.8 Å². The van der Waals surface area contributed by atoms with Gasteiger partial charge in [-0.3, -0.25) is 38.7 Å². The van der Waals surface area contributed by atoms with E-state index in [2.05, 4.69) is 4.98 Å². The number of phenolic OH excluding ortho intramolecular Hbond substituents is 1. The van der Waals surface area contributed by atoms with Crippen molar-refractivity contribution in [3.8, 4) is 17.0 Å². The third-order valence-electron chi connectivity index (χ3n) is 8.52. The Kier molecular flexibility index (Phi) is 6.54. The number of fused-ring (bicyclic) bond motifs is 3. The monoisotopic (exact) mass is 547 g/mol. The van der Waals surface area contributed by atoms with Gasteiger partial charge in [-0.2, -0.15) is 0 Å². The molecule has 0 saturated heterocycles. The topological polar surface area (TPSA) is 185 Å². The number of ketones is 5. The summed E-state index contributed by atoms with van der Waals surface area (Å²) in [7, 11) is 3.06. The van der Waals surface area contributed by atoms with Gasteiger partial charge in [-0.15, -0.1) is 0 Å². The van der Waals surface area contributed by atoms with Crippen LogP contribution in [0.3, 0.4) is 0 Å². The highest BCUT2D eigenvalue weighted by Gasteiger charge is 2.69. The maximum absolute atomic E-state index is 14.0. The summed E-state index contributed by atoms with van der Waals surface area (Å²) in [6, 6.07) is 5.62. The molecule has 1 aromatic heterocycles. The van der Waals surface area contributed by atoms with Crippen LogP contribution in [0.5, 0.6) is 5.75 Å². The van der Waals surface area contributed by atoms with Gasteiger partial charge in [0.05, 0.1) is 23.2 Å². The number of primary amides is 1. The lowest BCUT2D eigenvalue weighted by Crippen LogP contribution is -2.74. The summed E-state index contributed by atoms with van der Waals surface area (Å²) in [5.74, 6) is -11.5. The number of rotatable bonds is 5. The fourth-order valence-electron chi connectivity index (χ4n) is 6.88. The van der Waals surface area contributed by atoms with Gasteiger partial charge in [-0.1, -0.05) is 6.07 Å². The Hall–Kier alpha value is -4.09. The predicted octanol–water partition coefficient (Wildman–Crippen LogP) is 0.0605. The number of benzene rings is 1. The van der Waals surface area contributed by atoms with E-state index < -0.39 is 70.1 Å². The molecule has 3 aliphatic rings. The number of carbonyl (C=O) groups excluding carboxylic acids is 6. The Morgan fingerprint density at radius 2 is 1.85 bits per heavy atom. The van der Waals surface area contributed by atoms with Gasteiger partial charge in [0.15, 0.2) is 34.7 Å². The maximum atomic E-state index is 14.0. The summed E-state index contributed by atoms with van der Waals surface area (Å²) in [6.45, 7) is 1.34. The largest absolute Gasteiger partial charge is 0.507 e. The van der Waals surface area contributed by atoms with Gasteiger partial charge in [0, 0.05) is 29.7 Å². The Bertz CT molecular complexity index is 1500. The van der Waals surface area contributed by atoms with Crippen molar-refractivity contribution >= 4 is 34.8 Å². The molecule has 0 spiro atoms. The average Bonchev–Trinajstić information content (AvgIpc) is 2.87. The van der Waals surface area contributed by atoms with Crippen LogP contribution in [0.15, 0.2) is 30.5 Å². The zero-order valence-corrected chi connectivity index (χ0v) is 22.2. The second kappa shape index (κ2) is 9.53. The van der Waals surface area contributed by atoms with Crippen LogP contribution in [0.25, 0.3) is 11.3 Å². The molecular formula is C29H29N3O8. The number of hydrogen-bond acceptors (Lipinski definition) is 10. The highest BCUT2D eigenvalue weighted by molar-refractivity contribution is 6.32. The molecule has 0 radical (unpaired) electrons. The molecule has 6 atom stereocenters. The van der Waals surface area contributed by atoms with Crippen molar-refractivity contribution in [3.05, 3.63) is 47.2 Å². The molecule has 4 N–H and O–H groups in total. The quantitative estimate of drug-likeness (QED) is 0.432. The SMILES string of the molecule is CC(=O)Cc1cc(-c2ccccn2)c2c(c1O)C(=O)C1C(=O)[C@]3(O)C(=O)C(C(N)=O)C(=O)[C@@H](N(C)C)[C@@H]3C[C@@H]1C2. The summed E-state index contributed by atoms with van der Waals surface area (Å²) >= 11 is 0. The average molecular weight is 548 g/mol.